The van der Waals surface area contributed by atoms with Crippen molar-refractivity contribution in [1.82, 2.24) is 9.97 Å². The van der Waals surface area contributed by atoms with Crippen LogP contribution in [-0.4, -0.2) is 16.0 Å². The average Bonchev–Trinajstić information content (AvgIpc) is 2.37. The Morgan fingerprint density at radius 2 is 1.94 bits per heavy atom. The van der Waals surface area contributed by atoms with Gasteiger partial charge in [0.05, 0.1) is 5.69 Å². The minimum atomic E-state index is -0.245. The number of benzene rings is 1. The molecule has 0 saturated heterocycles. The van der Waals surface area contributed by atoms with Gasteiger partial charge in [-0.25, -0.2) is 14.4 Å². The second-order valence-corrected chi connectivity index (χ2v) is 4.38. The van der Waals surface area contributed by atoms with Crippen LogP contribution in [-0.2, 0) is 6.42 Å². The maximum atomic E-state index is 12.8. The van der Waals surface area contributed by atoms with Gasteiger partial charge >= 0.3 is 0 Å². The summed E-state index contributed by atoms with van der Waals surface area (Å²) < 4.78 is 12.8. The Kier molecular flexibility index (Phi) is 3.99. The molecule has 0 aliphatic rings. The van der Waals surface area contributed by atoms with Crippen molar-refractivity contribution in [1.29, 1.82) is 0 Å². The van der Waals surface area contributed by atoms with Crippen molar-refractivity contribution >= 4 is 0 Å². The topological polar surface area (TPSA) is 51.8 Å². The predicted molar refractivity (Wildman–Crippen MR) is 69.4 cm³/mol. The van der Waals surface area contributed by atoms with Crippen LogP contribution in [0.15, 0.2) is 36.5 Å². The number of rotatable bonds is 4. The first-order chi connectivity index (χ1) is 8.65. The summed E-state index contributed by atoms with van der Waals surface area (Å²) in [5, 5.41) is 0. The van der Waals surface area contributed by atoms with E-state index in [4.69, 9.17) is 5.73 Å². The Bertz CT molecular complexity index is 509. The lowest BCUT2D eigenvalue weighted by molar-refractivity contribution is 0.628. The van der Waals surface area contributed by atoms with Gasteiger partial charge in [0, 0.05) is 24.2 Å². The Morgan fingerprint density at radius 3 is 2.61 bits per heavy atom. The second kappa shape index (κ2) is 5.69. The maximum absolute atomic E-state index is 12.8. The summed E-state index contributed by atoms with van der Waals surface area (Å²) in [6, 6.07) is 8.25. The largest absolute Gasteiger partial charge is 0.328 e. The molecule has 2 aromatic rings. The maximum Gasteiger partial charge on any atom is 0.129 e. The van der Waals surface area contributed by atoms with Gasteiger partial charge in [-0.1, -0.05) is 0 Å². The molecule has 1 unspecified atom stereocenters. The fraction of sp³-hybridized carbons (Fsp3) is 0.286. The normalized spacial score (nSPS) is 12.4. The summed E-state index contributed by atoms with van der Waals surface area (Å²) >= 11 is 0. The second-order valence-electron chi connectivity index (χ2n) is 4.38. The van der Waals surface area contributed by atoms with E-state index >= 15 is 0 Å². The van der Waals surface area contributed by atoms with Gasteiger partial charge in [-0.2, -0.15) is 0 Å². The van der Waals surface area contributed by atoms with Crippen molar-refractivity contribution in [3.05, 3.63) is 48.2 Å². The Morgan fingerprint density at radius 1 is 1.22 bits per heavy atom. The Labute approximate surface area is 106 Å². The minimum absolute atomic E-state index is 0.142. The fourth-order valence-electron chi connectivity index (χ4n) is 1.66. The van der Waals surface area contributed by atoms with Crippen LogP contribution in [0.3, 0.4) is 0 Å². The van der Waals surface area contributed by atoms with Crippen LogP contribution in [0, 0.1) is 5.82 Å². The van der Waals surface area contributed by atoms with E-state index < -0.39 is 0 Å². The lowest BCUT2D eigenvalue weighted by Crippen LogP contribution is -2.16. The van der Waals surface area contributed by atoms with Crippen LogP contribution in [0.1, 0.15) is 19.2 Å². The van der Waals surface area contributed by atoms with Gasteiger partial charge in [0.15, 0.2) is 0 Å². The Balaban J connectivity index is 2.18. The van der Waals surface area contributed by atoms with E-state index in [-0.39, 0.29) is 11.9 Å². The lowest BCUT2D eigenvalue weighted by Gasteiger charge is -2.05. The molecule has 2 N–H and O–H groups in total. The first kappa shape index (κ1) is 12.6. The molecule has 3 nitrogen and oxygen atoms in total. The number of nitrogens with zero attached hydrogens (tertiary/aromatic N) is 2. The molecule has 0 spiro atoms. The van der Waals surface area contributed by atoms with Crippen molar-refractivity contribution in [2.24, 2.45) is 5.73 Å². The molecule has 0 radical (unpaired) electrons. The molecule has 1 atom stereocenters. The van der Waals surface area contributed by atoms with E-state index in [1.165, 1.54) is 12.1 Å². The standard InChI is InChI=1S/C14H16FN3/c1-10(16)2-7-14-17-9-8-13(18-14)11-3-5-12(15)6-4-11/h3-6,8-10H,2,7,16H2,1H3. The lowest BCUT2D eigenvalue weighted by atomic mass is 10.1. The zero-order chi connectivity index (χ0) is 13.0. The summed E-state index contributed by atoms with van der Waals surface area (Å²) in [7, 11) is 0. The summed E-state index contributed by atoms with van der Waals surface area (Å²) in [5.41, 5.74) is 7.41. The van der Waals surface area contributed by atoms with Gasteiger partial charge in [0.1, 0.15) is 11.6 Å². The molecular formula is C14H16FN3. The first-order valence-corrected chi connectivity index (χ1v) is 5.98. The molecule has 1 heterocycles. The summed E-state index contributed by atoms with van der Waals surface area (Å²) in [4.78, 5) is 8.67. The van der Waals surface area contributed by atoms with E-state index in [0.29, 0.717) is 0 Å². The smallest absolute Gasteiger partial charge is 0.129 e. The van der Waals surface area contributed by atoms with E-state index in [9.17, 15) is 4.39 Å². The van der Waals surface area contributed by atoms with E-state index in [1.54, 1.807) is 18.3 Å². The third-order valence-corrected chi connectivity index (χ3v) is 2.67. The van der Waals surface area contributed by atoms with E-state index in [1.807, 2.05) is 13.0 Å². The van der Waals surface area contributed by atoms with Gasteiger partial charge < -0.3 is 5.73 Å². The number of halogens is 1. The minimum Gasteiger partial charge on any atom is -0.328 e. The van der Waals surface area contributed by atoms with Crippen LogP contribution >= 0.6 is 0 Å². The molecule has 0 fully saturated rings. The van der Waals surface area contributed by atoms with Crippen molar-refractivity contribution in [3.63, 3.8) is 0 Å². The van der Waals surface area contributed by atoms with Crippen LogP contribution in [0.25, 0.3) is 11.3 Å². The zero-order valence-corrected chi connectivity index (χ0v) is 10.3. The molecular weight excluding hydrogens is 229 g/mol. The highest BCUT2D eigenvalue weighted by atomic mass is 19.1. The van der Waals surface area contributed by atoms with Gasteiger partial charge in [0.2, 0.25) is 0 Å². The van der Waals surface area contributed by atoms with Crippen molar-refractivity contribution in [2.45, 2.75) is 25.8 Å². The number of hydrogen-bond acceptors (Lipinski definition) is 3. The molecule has 0 aliphatic heterocycles. The monoisotopic (exact) mass is 245 g/mol. The average molecular weight is 245 g/mol. The highest BCUT2D eigenvalue weighted by Crippen LogP contribution is 2.17. The van der Waals surface area contributed by atoms with Crippen molar-refractivity contribution < 1.29 is 4.39 Å². The van der Waals surface area contributed by atoms with Crippen LogP contribution in [0.4, 0.5) is 4.39 Å². The zero-order valence-electron chi connectivity index (χ0n) is 10.3. The third-order valence-electron chi connectivity index (χ3n) is 2.67. The molecule has 4 heteroatoms. The molecule has 0 saturated carbocycles. The van der Waals surface area contributed by atoms with Crippen LogP contribution in [0.2, 0.25) is 0 Å². The number of aromatic nitrogens is 2. The highest BCUT2D eigenvalue weighted by molar-refractivity contribution is 5.58. The van der Waals surface area contributed by atoms with Crippen LogP contribution < -0.4 is 5.73 Å². The number of hydrogen-bond donors (Lipinski definition) is 1. The fourth-order valence-corrected chi connectivity index (χ4v) is 1.66. The molecule has 0 amide bonds. The molecule has 1 aromatic carbocycles. The molecule has 0 aliphatic carbocycles. The SMILES string of the molecule is CC(N)CCc1nccc(-c2ccc(F)cc2)n1. The van der Waals surface area contributed by atoms with Crippen molar-refractivity contribution in [3.8, 4) is 11.3 Å². The number of nitrogens with two attached hydrogens (primary N) is 1. The quantitative estimate of drug-likeness (QED) is 0.900. The van der Waals surface area contributed by atoms with Crippen LogP contribution in [0.5, 0.6) is 0 Å². The van der Waals surface area contributed by atoms with Gasteiger partial charge in [-0.3, -0.25) is 0 Å². The van der Waals surface area contributed by atoms with E-state index in [2.05, 4.69) is 9.97 Å². The first-order valence-electron chi connectivity index (χ1n) is 5.98. The molecule has 2 rings (SSSR count). The van der Waals surface area contributed by atoms with Gasteiger partial charge in [-0.05, 0) is 43.7 Å². The molecule has 18 heavy (non-hydrogen) atoms. The van der Waals surface area contributed by atoms with Gasteiger partial charge in [-0.15, -0.1) is 0 Å². The van der Waals surface area contributed by atoms with Crippen molar-refractivity contribution in [2.75, 3.05) is 0 Å². The third kappa shape index (κ3) is 3.34. The Hall–Kier alpha value is -1.81. The predicted octanol–water partition coefficient (Wildman–Crippen LogP) is 2.56. The molecule has 1 aromatic heterocycles. The number of aryl methyl sites for hydroxylation is 1. The van der Waals surface area contributed by atoms with E-state index in [0.717, 1.165) is 29.9 Å². The summed E-state index contributed by atoms with van der Waals surface area (Å²) in [6.07, 6.45) is 3.34. The highest BCUT2D eigenvalue weighted by Gasteiger charge is 2.04. The summed E-state index contributed by atoms with van der Waals surface area (Å²) in [6.45, 7) is 1.96. The summed E-state index contributed by atoms with van der Waals surface area (Å²) in [5.74, 6) is 0.527. The van der Waals surface area contributed by atoms with Gasteiger partial charge in [0.25, 0.3) is 0 Å². The molecule has 94 valence electrons. The molecule has 0 bridgehead atoms.